The number of para-hydroxylation sites is 2. The fourth-order valence-corrected chi connectivity index (χ4v) is 2.93. The first kappa shape index (κ1) is 22.8. The summed E-state index contributed by atoms with van der Waals surface area (Å²) in [6.07, 6.45) is -3.70. The van der Waals surface area contributed by atoms with E-state index in [1.54, 1.807) is 6.07 Å². The molecule has 0 saturated carbocycles. The highest BCUT2D eigenvalue weighted by atomic mass is 127. The average molecular weight is 486 g/mol. The highest BCUT2D eigenvalue weighted by Gasteiger charge is 2.32. The van der Waals surface area contributed by atoms with Crippen LogP contribution in [-0.4, -0.2) is 43.4 Å². The minimum atomic E-state index is -4.76. The van der Waals surface area contributed by atoms with Crippen LogP contribution >= 0.6 is 24.0 Å². The monoisotopic (exact) mass is 486 g/mol. The van der Waals surface area contributed by atoms with Crippen molar-refractivity contribution in [3.8, 4) is 5.75 Å². The van der Waals surface area contributed by atoms with Crippen molar-refractivity contribution < 1.29 is 17.9 Å². The Kier molecular flexibility index (Phi) is 8.94. The zero-order valence-electron chi connectivity index (χ0n) is 14.9. The zero-order chi connectivity index (χ0) is 18.4. The first-order chi connectivity index (χ1) is 11.7. The minimum absolute atomic E-state index is 0. The molecule has 9 heteroatoms. The van der Waals surface area contributed by atoms with Gasteiger partial charge in [-0.2, -0.15) is 0 Å². The summed E-state index contributed by atoms with van der Waals surface area (Å²) in [5, 5.41) is 2.69. The first-order valence-electron chi connectivity index (χ1n) is 8.37. The van der Waals surface area contributed by atoms with E-state index in [-0.39, 0.29) is 41.4 Å². The second-order valence-corrected chi connectivity index (χ2v) is 6.70. The Morgan fingerprint density at radius 1 is 1.38 bits per heavy atom. The second-order valence-electron chi connectivity index (χ2n) is 6.70. The van der Waals surface area contributed by atoms with Crippen LogP contribution in [0.25, 0.3) is 0 Å². The number of nitrogens with zero attached hydrogens (tertiary/aromatic N) is 2. The summed E-state index contributed by atoms with van der Waals surface area (Å²) in [7, 11) is 0. The van der Waals surface area contributed by atoms with Gasteiger partial charge in [0.25, 0.3) is 0 Å². The molecule has 0 aromatic heterocycles. The Balaban J connectivity index is 0.00000338. The third-order valence-corrected chi connectivity index (χ3v) is 3.89. The van der Waals surface area contributed by atoms with Crippen LogP contribution in [0.15, 0.2) is 29.3 Å². The number of likely N-dealkylation sites (tertiary alicyclic amines) is 1. The molecule has 1 aliphatic rings. The number of nitrogens with one attached hydrogen (secondary N) is 1. The number of hydrogen-bond donors (Lipinski definition) is 2. The van der Waals surface area contributed by atoms with E-state index in [0.29, 0.717) is 18.4 Å². The Labute approximate surface area is 169 Å². The first-order valence-corrected chi connectivity index (χ1v) is 8.37. The lowest BCUT2D eigenvalue weighted by molar-refractivity contribution is -0.274. The van der Waals surface area contributed by atoms with E-state index in [9.17, 15) is 13.2 Å². The van der Waals surface area contributed by atoms with Gasteiger partial charge in [0, 0.05) is 19.6 Å². The van der Waals surface area contributed by atoms with Crippen molar-refractivity contribution >= 4 is 35.6 Å². The third-order valence-electron chi connectivity index (χ3n) is 3.89. The van der Waals surface area contributed by atoms with Crippen LogP contribution in [-0.2, 0) is 0 Å². The number of halogens is 4. The van der Waals surface area contributed by atoms with Gasteiger partial charge in [0.15, 0.2) is 11.7 Å². The number of ether oxygens (including phenoxy) is 1. The van der Waals surface area contributed by atoms with Crippen LogP contribution in [0.4, 0.5) is 18.9 Å². The summed E-state index contributed by atoms with van der Waals surface area (Å²) in [5.74, 6) is 0.789. The van der Waals surface area contributed by atoms with Crippen molar-refractivity contribution in [2.24, 2.45) is 22.6 Å². The summed E-state index contributed by atoms with van der Waals surface area (Å²) >= 11 is 0. The number of nitrogens with two attached hydrogens (primary N) is 1. The molecule has 1 aromatic carbocycles. The number of guanidine groups is 1. The largest absolute Gasteiger partial charge is 0.573 e. The van der Waals surface area contributed by atoms with Crippen molar-refractivity contribution in [3.05, 3.63) is 24.3 Å². The Hall–Kier alpha value is -1.23. The van der Waals surface area contributed by atoms with E-state index >= 15 is 0 Å². The van der Waals surface area contributed by atoms with Crippen LogP contribution in [0.2, 0.25) is 0 Å². The van der Waals surface area contributed by atoms with Gasteiger partial charge in [-0.1, -0.05) is 26.0 Å². The number of aliphatic imine (C=N–C) groups is 1. The molecule has 0 spiro atoms. The molecule has 1 heterocycles. The lowest BCUT2D eigenvalue weighted by atomic mass is 10.1. The van der Waals surface area contributed by atoms with Crippen molar-refractivity contribution in [2.75, 3.05) is 31.5 Å². The normalized spacial score (nSPS) is 18.7. The van der Waals surface area contributed by atoms with E-state index in [4.69, 9.17) is 5.73 Å². The van der Waals surface area contributed by atoms with Crippen LogP contribution in [0, 0.1) is 11.8 Å². The van der Waals surface area contributed by atoms with Gasteiger partial charge >= 0.3 is 6.36 Å². The molecule has 1 aromatic rings. The molecule has 148 valence electrons. The lowest BCUT2D eigenvalue weighted by Gasteiger charge is -2.17. The van der Waals surface area contributed by atoms with Gasteiger partial charge in [-0.15, -0.1) is 37.1 Å². The zero-order valence-corrected chi connectivity index (χ0v) is 17.3. The molecule has 3 N–H and O–H groups in total. The van der Waals surface area contributed by atoms with Gasteiger partial charge in [-0.25, -0.2) is 0 Å². The number of hydrogen-bond acceptors (Lipinski definition) is 3. The number of benzene rings is 1. The van der Waals surface area contributed by atoms with Crippen LogP contribution in [0.5, 0.6) is 5.75 Å². The molecule has 5 nitrogen and oxygen atoms in total. The Morgan fingerprint density at radius 3 is 2.73 bits per heavy atom. The fourth-order valence-electron chi connectivity index (χ4n) is 2.93. The predicted molar refractivity (Wildman–Crippen MR) is 108 cm³/mol. The molecule has 26 heavy (non-hydrogen) atoms. The van der Waals surface area contributed by atoms with Crippen molar-refractivity contribution in [1.29, 1.82) is 0 Å². The molecule has 0 amide bonds. The number of alkyl halides is 3. The molecular formula is C17H26F3IN4O. The molecule has 2 rings (SSSR count). The van der Waals surface area contributed by atoms with E-state index < -0.39 is 6.36 Å². The maximum Gasteiger partial charge on any atom is 0.573 e. The maximum atomic E-state index is 12.4. The molecule has 0 bridgehead atoms. The maximum absolute atomic E-state index is 12.4. The highest BCUT2D eigenvalue weighted by Crippen LogP contribution is 2.29. The summed E-state index contributed by atoms with van der Waals surface area (Å²) in [6.45, 7) is 8.02. The molecule has 0 radical (unpaired) electrons. The van der Waals surface area contributed by atoms with Gasteiger partial charge in [0.2, 0.25) is 0 Å². The van der Waals surface area contributed by atoms with Crippen LogP contribution in [0.3, 0.4) is 0 Å². The van der Waals surface area contributed by atoms with Crippen LogP contribution < -0.4 is 15.8 Å². The SMILES string of the molecule is CC(C)CN1CCC(CN=C(N)Nc2ccccc2OC(F)(F)F)C1.I. The molecule has 0 aliphatic carbocycles. The predicted octanol–water partition coefficient (Wildman–Crippen LogP) is 3.91. The Bertz CT molecular complexity index is 596. The minimum Gasteiger partial charge on any atom is -0.404 e. The average Bonchev–Trinajstić information content (AvgIpc) is 2.92. The quantitative estimate of drug-likeness (QED) is 0.364. The summed E-state index contributed by atoms with van der Waals surface area (Å²) in [6, 6.07) is 5.74. The van der Waals surface area contributed by atoms with Gasteiger partial charge < -0.3 is 20.7 Å². The topological polar surface area (TPSA) is 62.9 Å². The molecule has 1 aliphatic heterocycles. The third kappa shape index (κ3) is 7.98. The van der Waals surface area contributed by atoms with Gasteiger partial charge in [0.1, 0.15) is 0 Å². The van der Waals surface area contributed by atoms with Crippen LogP contribution in [0.1, 0.15) is 20.3 Å². The second kappa shape index (κ2) is 10.2. The summed E-state index contributed by atoms with van der Waals surface area (Å²) < 4.78 is 41.2. The van der Waals surface area contributed by atoms with Crippen molar-refractivity contribution in [3.63, 3.8) is 0 Å². The smallest absolute Gasteiger partial charge is 0.404 e. The summed E-state index contributed by atoms with van der Waals surface area (Å²) in [5.41, 5.74) is 5.95. The number of anilines is 1. The van der Waals surface area contributed by atoms with Gasteiger partial charge in [0.05, 0.1) is 5.69 Å². The lowest BCUT2D eigenvalue weighted by Crippen LogP contribution is -2.27. The van der Waals surface area contributed by atoms with E-state index in [2.05, 4.69) is 33.8 Å². The van der Waals surface area contributed by atoms with Gasteiger partial charge in [-0.3, -0.25) is 4.99 Å². The van der Waals surface area contributed by atoms with E-state index in [1.807, 2.05) is 0 Å². The molecule has 1 unspecified atom stereocenters. The molecule has 1 saturated heterocycles. The molecular weight excluding hydrogens is 460 g/mol. The Morgan fingerprint density at radius 2 is 2.08 bits per heavy atom. The van der Waals surface area contributed by atoms with Crippen molar-refractivity contribution in [1.82, 2.24) is 4.90 Å². The van der Waals surface area contributed by atoms with Gasteiger partial charge in [-0.05, 0) is 36.9 Å². The molecule has 1 atom stereocenters. The van der Waals surface area contributed by atoms with E-state index in [0.717, 1.165) is 26.1 Å². The molecule has 1 fully saturated rings. The fraction of sp³-hybridized carbons (Fsp3) is 0.588. The summed E-state index contributed by atoms with van der Waals surface area (Å²) in [4.78, 5) is 6.68. The highest BCUT2D eigenvalue weighted by molar-refractivity contribution is 14.0. The standard InChI is InChI=1S/C17H25F3N4O.HI/c1-12(2)10-24-8-7-13(11-24)9-22-16(21)23-14-5-3-4-6-15(14)25-17(18,19)20;/h3-6,12-13H,7-11H2,1-2H3,(H3,21,22,23);1H. The van der Waals surface area contributed by atoms with Crippen molar-refractivity contribution in [2.45, 2.75) is 26.6 Å². The van der Waals surface area contributed by atoms with E-state index in [1.165, 1.54) is 18.2 Å². The number of rotatable bonds is 6.